The fourth-order valence-electron chi connectivity index (χ4n) is 2.32. The largest absolute Gasteiger partial charge is 0.356 e. The number of aliphatic imine (C=N–C) groups is 1. The summed E-state index contributed by atoms with van der Waals surface area (Å²) in [6.45, 7) is 6.24. The molecule has 0 bridgehead atoms. The first-order chi connectivity index (χ1) is 11.6. The third-order valence-electron chi connectivity index (χ3n) is 3.72. The molecule has 0 saturated carbocycles. The van der Waals surface area contributed by atoms with Crippen molar-refractivity contribution in [3.05, 3.63) is 35.9 Å². The number of benzene rings is 1. The second-order valence-electron chi connectivity index (χ2n) is 6.33. The van der Waals surface area contributed by atoms with E-state index >= 15 is 0 Å². The highest BCUT2D eigenvalue weighted by atomic mass is 16.1. The van der Waals surface area contributed by atoms with Gasteiger partial charge >= 0.3 is 0 Å². The average molecular weight is 332 g/mol. The quantitative estimate of drug-likeness (QED) is 0.350. The van der Waals surface area contributed by atoms with Crippen molar-refractivity contribution in [2.45, 2.75) is 39.5 Å². The monoisotopic (exact) mass is 332 g/mol. The van der Waals surface area contributed by atoms with Crippen LogP contribution in [0.15, 0.2) is 35.3 Å². The minimum atomic E-state index is -0.0197. The number of hydrogen-bond donors (Lipinski definition) is 3. The van der Waals surface area contributed by atoms with Gasteiger partial charge in [-0.05, 0) is 24.3 Å². The number of carbonyl (C=O) groups excluding carboxylic acids is 1. The van der Waals surface area contributed by atoms with Gasteiger partial charge in [-0.2, -0.15) is 0 Å². The Balaban J connectivity index is 2.10. The van der Waals surface area contributed by atoms with E-state index in [4.69, 9.17) is 0 Å². The average Bonchev–Trinajstić information content (AvgIpc) is 2.58. The normalized spacial score (nSPS) is 11.4. The van der Waals surface area contributed by atoms with Gasteiger partial charge in [0.15, 0.2) is 5.96 Å². The van der Waals surface area contributed by atoms with Crippen LogP contribution in [-0.4, -0.2) is 38.5 Å². The first kappa shape index (κ1) is 20.0. The van der Waals surface area contributed by atoms with Crippen LogP contribution in [0.2, 0.25) is 0 Å². The van der Waals surface area contributed by atoms with Gasteiger partial charge in [-0.3, -0.25) is 9.79 Å². The van der Waals surface area contributed by atoms with Crippen LogP contribution in [0, 0.1) is 5.92 Å². The third kappa shape index (κ3) is 9.87. The Hall–Kier alpha value is -2.04. The second-order valence-corrected chi connectivity index (χ2v) is 6.33. The molecule has 0 spiro atoms. The molecule has 0 radical (unpaired) electrons. The summed E-state index contributed by atoms with van der Waals surface area (Å²) in [6, 6.07) is 10.1. The molecule has 0 atom stereocenters. The van der Waals surface area contributed by atoms with Crippen LogP contribution >= 0.6 is 0 Å². The van der Waals surface area contributed by atoms with Crippen LogP contribution in [0.3, 0.4) is 0 Å². The maximum absolute atomic E-state index is 11.8. The number of carbonyl (C=O) groups is 1. The lowest BCUT2D eigenvalue weighted by Gasteiger charge is -2.12. The molecule has 0 aromatic heterocycles. The first-order valence-corrected chi connectivity index (χ1v) is 8.87. The summed E-state index contributed by atoms with van der Waals surface area (Å²) in [5.74, 6) is 1.41. The predicted molar refractivity (Wildman–Crippen MR) is 101 cm³/mol. The molecule has 0 aliphatic heterocycles. The Morgan fingerprint density at radius 3 is 2.46 bits per heavy atom. The molecule has 0 unspecified atom stereocenters. The zero-order chi connectivity index (χ0) is 17.6. The van der Waals surface area contributed by atoms with E-state index in [0.717, 1.165) is 25.3 Å². The van der Waals surface area contributed by atoms with Gasteiger partial charge in [0.1, 0.15) is 0 Å². The fraction of sp³-hybridized carbons (Fsp3) is 0.579. The lowest BCUT2D eigenvalue weighted by Crippen LogP contribution is -2.43. The van der Waals surface area contributed by atoms with E-state index in [2.05, 4.69) is 46.9 Å². The van der Waals surface area contributed by atoms with E-state index in [1.165, 1.54) is 18.4 Å². The Labute approximate surface area is 146 Å². The van der Waals surface area contributed by atoms with Gasteiger partial charge in [0.25, 0.3) is 0 Å². The van der Waals surface area contributed by atoms with Crippen LogP contribution in [0.5, 0.6) is 0 Å². The van der Waals surface area contributed by atoms with Crippen molar-refractivity contribution < 1.29 is 4.79 Å². The fourth-order valence-corrected chi connectivity index (χ4v) is 2.32. The van der Waals surface area contributed by atoms with Gasteiger partial charge in [0.2, 0.25) is 5.91 Å². The van der Waals surface area contributed by atoms with Crippen LogP contribution in [0.4, 0.5) is 0 Å². The zero-order valence-electron chi connectivity index (χ0n) is 15.3. The molecule has 0 aliphatic carbocycles. The van der Waals surface area contributed by atoms with Crippen molar-refractivity contribution in [3.8, 4) is 0 Å². The summed E-state index contributed by atoms with van der Waals surface area (Å²) in [7, 11) is 1.72. The lowest BCUT2D eigenvalue weighted by molar-refractivity contribution is -0.119. The molecule has 5 heteroatoms. The highest BCUT2D eigenvalue weighted by Crippen LogP contribution is 2.04. The van der Waals surface area contributed by atoms with Crippen molar-refractivity contribution in [2.75, 3.05) is 26.7 Å². The highest BCUT2D eigenvalue weighted by Gasteiger charge is 2.03. The van der Waals surface area contributed by atoms with Gasteiger partial charge in [-0.15, -0.1) is 0 Å². The van der Waals surface area contributed by atoms with Crippen LogP contribution in [0.25, 0.3) is 0 Å². The number of hydrogen-bond acceptors (Lipinski definition) is 2. The molecule has 134 valence electrons. The number of amides is 1. The van der Waals surface area contributed by atoms with E-state index in [9.17, 15) is 4.79 Å². The Bertz CT molecular complexity index is 485. The molecule has 1 rings (SSSR count). The molecule has 5 nitrogen and oxygen atoms in total. The summed E-state index contributed by atoms with van der Waals surface area (Å²) in [4.78, 5) is 16.0. The maximum atomic E-state index is 11.8. The van der Waals surface area contributed by atoms with E-state index in [0.29, 0.717) is 12.5 Å². The number of unbranched alkanes of at least 4 members (excludes halogenated alkanes) is 1. The number of rotatable bonds is 10. The Morgan fingerprint density at radius 1 is 1.04 bits per heavy atom. The van der Waals surface area contributed by atoms with Crippen molar-refractivity contribution in [1.29, 1.82) is 0 Å². The van der Waals surface area contributed by atoms with Crippen molar-refractivity contribution in [1.82, 2.24) is 16.0 Å². The van der Waals surface area contributed by atoms with Crippen LogP contribution < -0.4 is 16.0 Å². The summed E-state index contributed by atoms with van der Waals surface area (Å²) in [6.07, 6.45) is 4.41. The Kier molecular flexibility index (Phi) is 10.3. The van der Waals surface area contributed by atoms with E-state index in [1.807, 2.05) is 18.2 Å². The number of guanidine groups is 1. The van der Waals surface area contributed by atoms with E-state index in [-0.39, 0.29) is 12.5 Å². The molecular weight excluding hydrogens is 300 g/mol. The summed E-state index contributed by atoms with van der Waals surface area (Å²) in [5.41, 5.74) is 1.23. The molecule has 0 saturated heterocycles. The molecule has 24 heavy (non-hydrogen) atoms. The van der Waals surface area contributed by atoms with Gasteiger partial charge in [0, 0.05) is 20.1 Å². The van der Waals surface area contributed by atoms with Gasteiger partial charge in [-0.1, -0.05) is 57.0 Å². The molecule has 3 N–H and O–H groups in total. The van der Waals surface area contributed by atoms with E-state index in [1.54, 1.807) is 7.05 Å². The SMILES string of the molecule is CN=C(NCCCCC(C)C)NCC(=O)NCCc1ccccc1. The minimum absolute atomic E-state index is 0.0197. The summed E-state index contributed by atoms with van der Waals surface area (Å²) >= 11 is 0. The molecule has 0 fully saturated rings. The summed E-state index contributed by atoms with van der Waals surface area (Å²) < 4.78 is 0. The zero-order valence-corrected chi connectivity index (χ0v) is 15.3. The second kappa shape index (κ2) is 12.4. The van der Waals surface area contributed by atoms with Gasteiger partial charge in [0.05, 0.1) is 6.54 Å². The molecule has 1 amide bonds. The maximum Gasteiger partial charge on any atom is 0.239 e. The topological polar surface area (TPSA) is 65.5 Å². The number of nitrogens with one attached hydrogen (secondary N) is 3. The Morgan fingerprint density at radius 2 is 1.79 bits per heavy atom. The van der Waals surface area contributed by atoms with Crippen LogP contribution in [0.1, 0.15) is 38.7 Å². The first-order valence-electron chi connectivity index (χ1n) is 8.87. The van der Waals surface area contributed by atoms with Crippen molar-refractivity contribution in [3.63, 3.8) is 0 Å². The third-order valence-corrected chi connectivity index (χ3v) is 3.72. The molecular formula is C19H32N4O. The standard InChI is InChI=1S/C19H32N4O/c1-16(2)9-7-8-13-22-19(20-3)23-15-18(24)21-14-12-17-10-5-4-6-11-17/h4-6,10-11,16H,7-9,12-15H2,1-3H3,(H,21,24)(H2,20,22,23). The number of nitrogens with zero attached hydrogens (tertiary/aromatic N) is 1. The summed E-state index contributed by atoms with van der Waals surface area (Å²) in [5, 5.41) is 9.20. The van der Waals surface area contributed by atoms with Crippen LogP contribution in [-0.2, 0) is 11.2 Å². The predicted octanol–water partition coefficient (Wildman–Crippen LogP) is 2.34. The molecule has 1 aromatic carbocycles. The lowest BCUT2D eigenvalue weighted by atomic mass is 10.1. The van der Waals surface area contributed by atoms with Crippen molar-refractivity contribution >= 4 is 11.9 Å². The molecule has 0 aliphatic rings. The van der Waals surface area contributed by atoms with Crippen molar-refractivity contribution in [2.24, 2.45) is 10.9 Å². The highest BCUT2D eigenvalue weighted by molar-refractivity contribution is 5.86. The van der Waals surface area contributed by atoms with Gasteiger partial charge < -0.3 is 16.0 Å². The molecule has 1 aromatic rings. The van der Waals surface area contributed by atoms with E-state index < -0.39 is 0 Å². The smallest absolute Gasteiger partial charge is 0.239 e. The molecule has 0 heterocycles. The van der Waals surface area contributed by atoms with Gasteiger partial charge in [-0.25, -0.2) is 0 Å². The minimum Gasteiger partial charge on any atom is -0.356 e.